The molecular weight excluding hydrogens is 293 g/mol. The van der Waals surface area contributed by atoms with Crippen LogP contribution in [-0.2, 0) is 13.0 Å². The number of nitrogens with one attached hydrogen (secondary N) is 1. The molecule has 3 nitrogen and oxygen atoms in total. The number of aromatic carboxylic acids is 1. The molecule has 0 aliphatic carbocycles. The van der Waals surface area contributed by atoms with Crippen LogP contribution in [0, 0.1) is 5.82 Å². The van der Waals surface area contributed by atoms with Crippen molar-refractivity contribution >= 4 is 5.97 Å². The maximum Gasteiger partial charge on any atom is 0.335 e. The number of rotatable bonds is 6. The van der Waals surface area contributed by atoms with E-state index >= 15 is 0 Å². The first kappa shape index (κ1) is 17.1. The van der Waals surface area contributed by atoms with Crippen LogP contribution in [0.4, 0.5) is 4.39 Å². The van der Waals surface area contributed by atoms with Crippen LogP contribution in [-0.4, -0.2) is 17.6 Å². The largest absolute Gasteiger partial charge is 1.00 e. The maximum absolute atomic E-state index is 12.7. The molecular formula is C16H16ClFNO2-. The summed E-state index contributed by atoms with van der Waals surface area (Å²) in [6.45, 7) is 1.47. The van der Waals surface area contributed by atoms with Crippen molar-refractivity contribution in [3.8, 4) is 0 Å². The molecule has 0 aromatic heterocycles. The molecule has 2 aromatic carbocycles. The van der Waals surface area contributed by atoms with Gasteiger partial charge in [-0.2, -0.15) is 0 Å². The van der Waals surface area contributed by atoms with Gasteiger partial charge in [-0.25, -0.2) is 9.18 Å². The highest BCUT2D eigenvalue weighted by Gasteiger charge is 2.01. The number of hydrogen-bond acceptors (Lipinski definition) is 2. The summed E-state index contributed by atoms with van der Waals surface area (Å²) in [5, 5.41) is 12.1. The van der Waals surface area contributed by atoms with E-state index in [0.717, 1.165) is 24.1 Å². The molecule has 112 valence electrons. The first-order chi connectivity index (χ1) is 9.65. The number of carboxylic acid groups (broad SMARTS) is 1. The summed E-state index contributed by atoms with van der Waals surface area (Å²) < 4.78 is 12.7. The zero-order valence-corrected chi connectivity index (χ0v) is 12.1. The molecule has 21 heavy (non-hydrogen) atoms. The maximum atomic E-state index is 12.7. The second kappa shape index (κ2) is 8.39. The number of carboxylic acids is 1. The predicted molar refractivity (Wildman–Crippen MR) is 75.2 cm³/mol. The van der Waals surface area contributed by atoms with E-state index in [1.54, 1.807) is 36.4 Å². The van der Waals surface area contributed by atoms with Crippen LogP contribution in [0.3, 0.4) is 0 Å². The molecule has 5 heteroatoms. The average Bonchev–Trinajstić information content (AvgIpc) is 2.46. The summed E-state index contributed by atoms with van der Waals surface area (Å²) in [6.07, 6.45) is 0.827. The van der Waals surface area contributed by atoms with Crippen molar-refractivity contribution in [2.75, 3.05) is 6.54 Å². The Hall–Kier alpha value is -1.91. The van der Waals surface area contributed by atoms with E-state index in [2.05, 4.69) is 5.32 Å². The summed E-state index contributed by atoms with van der Waals surface area (Å²) in [6, 6.07) is 13.3. The monoisotopic (exact) mass is 308 g/mol. The standard InChI is InChI=1S/C16H16FNO2.ClH/c17-15-7-3-12(4-8-15)9-10-18-11-13-1-5-14(6-2-13)16(19)20;/h1-8,18H,9-11H2,(H,19,20);1H/p-1. The van der Waals surface area contributed by atoms with E-state index in [1.165, 1.54) is 12.1 Å². The van der Waals surface area contributed by atoms with Crippen molar-refractivity contribution in [1.29, 1.82) is 0 Å². The third-order valence-electron chi connectivity index (χ3n) is 3.03. The van der Waals surface area contributed by atoms with Crippen molar-refractivity contribution in [1.82, 2.24) is 5.32 Å². The Morgan fingerprint density at radius 3 is 2.14 bits per heavy atom. The molecule has 0 amide bonds. The Morgan fingerprint density at radius 2 is 1.57 bits per heavy atom. The molecule has 0 bridgehead atoms. The highest BCUT2D eigenvalue weighted by atomic mass is 35.5. The molecule has 0 saturated heterocycles. The van der Waals surface area contributed by atoms with Gasteiger partial charge in [0.15, 0.2) is 0 Å². The number of halogens is 2. The van der Waals surface area contributed by atoms with E-state index < -0.39 is 5.97 Å². The number of hydrogen-bond donors (Lipinski definition) is 2. The van der Waals surface area contributed by atoms with Gasteiger partial charge in [-0.05, 0) is 48.4 Å². The third kappa shape index (κ3) is 5.53. The molecule has 0 heterocycles. The molecule has 0 fully saturated rings. The molecule has 2 rings (SSSR count). The normalized spacial score (nSPS) is 9.95. The molecule has 2 aromatic rings. The van der Waals surface area contributed by atoms with E-state index in [1.807, 2.05) is 0 Å². The topological polar surface area (TPSA) is 49.3 Å². The van der Waals surface area contributed by atoms with Crippen LogP contribution >= 0.6 is 0 Å². The third-order valence-corrected chi connectivity index (χ3v) is 3.03. The SMILES string of the molecule is O=C(O)c1ccc(CNCCc2ccc(F)cc2)cc1.[Cl-]. The van der Waals surface area contributed by atoms with Gasteiger partial charge in [-0.15, -0.1) is 0 Å². The number of benzene rings is 2. The van der Waals surface area contributed by atoms with Crippen molar-refractivity contribution in [2.24, 2.45) is 0 Å². The van der Waals surface area contributed by atoms with Crippen molar-refractivity contribution in [3.05, 3.63) is 71.0 Å². The average molecular weight is 309 g/mol. The molecule has 0 radical (unpaired) electrons. The van der Waals surface area contributed by atoms with Crippen LogP contribution in [0.1, 0.15) is 21.5 Å². The molecule has 0 saturated carbocycles. The van der Waals surface area contributed by atoms with Gasteiger partial charge in [0.05, 0.1) is 5.56 Å². The summed E-state index contributed by atoms with van der Waals surface area (Å²) in [7, 11) is 0. The van der Waals surface area contributed by atoms with Crippen molar-refractivity contribution < 1.29 is 26.7 Å². The summed E-state index contributed by atoms with van der Waals surface area (Å²) >= 11 is 0. The lowest BCUT2D eigenvalue weighted by Gasteiger charge is -2.05. The minimum atomic E-state index is -0.916. The minimum absolute atomic E-state index is 0. The molecule has 0 aliphatic rings. The predicted octanol–water partition coefficient (Wildman–Crippen LogP) is -0.140. The number of carbonyl (C=O) groups is 1. The van der Waals surface area contributed by atoms with Crippen LogP contribution < -0.4 is 17.7 Å². The van der Waals surface area contributed by atoms with E-state index in [9.17, 15) is 9.18 Å². The molecule has 0 unspecified atom stereocenters. The summed E-state index contributed by atoms with van der Waals surface area (Å²) in [5.74, 6) is -1.14. The Labute approximate surface area is 129 Å². The second-order valence-electron chi connectivity index (χ2n) is 4.56. The smallest absolute Gasteiger partial charge is 0.335 e. The molecule has 0 atom stereocenters. The van der Waals surface area contributed by atoms with Crippen LogP contribution in [0.25, 0.3) is 0 Å². The van der Waals surface area contributed by atoms with E-state index in [0.29, 0.717) is 12.1 Å². The zero-order chi connectivity index (χ0) is 14.4. The zero-order valence-electron chi connectivity index (χ0n) is 11.4. The Kier molecular flexibility index (Phi) is 6.85. The Balaban J connectivity index is 0.00000220. The van der Waals surface area contributed by atoms with Crippen LogP contribution in [0.15, 0.2) is 48.5 Å². The van der Waals surface area contributed by atoms with Crippen molar-refractivity contribution in [3.63, 3.8) is 0 Å². The van der Waals surface area contributed by atoms with Gasteiger partial charge in [-0.1, -0.05) is 24.3 Å². The first-order valence-corrected chi connectivity index (χ1v) is 6.42. The van der Waals surface area contributed by atoms with Gasteiger partial charge < -0.3 is 22.8 Å². The molecule has 2 N–H and O–H groups in total. The fourth-order valence-corrected chi connectivity index (χ4v) is 1.88. The van der Waals surface area contributed by atoms with E-state index in [4.69, 9.17) is 5.11 Å². The fraction of sp³-hybridized carbons (Fsp3) is 0.188. The Morgan fingerprint density at radius 1 is 1.00 bits per heavy atom. The van der Waals surface area contributed by atoms with Crippen LogP contribution in [0.2, 0.25) is 0 Å². The van der Waals surface area contributed by atoms with E-state index in [-0.39, 0.29) is 18.2 Å². The second-order valence-corrected chi connectivity index (χ2v) is 4.56. The van der Waals surface area contributed by atoms with Crippen LogP contribution in [0.5, 0.6) is 0 Å². The summed E-state index contributed by atoms with van der Waals surface area (Å²) in [4.78, 5) is 10.7. The highest BCUT2D eigenvalue weighted by molar-refractivity contribution is 5.87. The van der Waals surface area contributed by atoms with Gasteiger partial charge in [0.1, 0.15) is 5.82 Å². The lowest BCUT2D eigenvalue weighted by atomic mass is 10.1. The minimum Gasteiger partial charge on any atom is -1.00 e. The molecule has 0 aliphatic heterocycles. The Bertz CT molecular complexity index is 570. The lowest BCUT2D eigenvalue weighted by molar-refractivity contribution is -0.0000202. The summed E-state index contributed by atoms with van der Waals surface area (Å²) in [5.41, 5.74) is 2.41. The van der Waals surface area contributed by atoms with Gasteiger partial charge in [-0.3, -0.25) is 0 Å². The van der Waals surface area contributed by atoms with Gasteiger partial charge >= 0.3 is 5.97 Å². The lowest BCUT2D eigenvalue weighted by Crippen LogP contribution is -3.00. The molecule has 0 spiro atoms. The first-order valence-electron chi connectivity index (χ1n) is 6.42. The highest BCUT2D eigenvalue weighted by Crippen LogP contribution is 2.05. The van der Waals surface area contributed by atoms with Gasteiger partial charge in [0.25, 0.3) is 0 Å². The fourth-order valence-electron chi connectivity index (χ4n) is 1.88. The quantitative estimate of drug-likeness (QED) is 0.731. The van der Waals surface area contributed by atoms with Gasteiger partial charge in [0.2, 0.25) is 0 Å². The van der Waals surface area contributed by atoms with Gasteiger partial charge in [0, 0.05) is 6.54 Å². The van der Waals surface area contributed by atoms with Crippen molar-refractivity contribution in [2.45, 2.75) is 13.0 Å².